The van der Waals surface area contributed by atoms with Crippen molar-refractivity contribution in [3.63, 3.8) is 0 Å². The Labute approximate surface area is 109 Å². The molecule has 1 saturated carbocycles. The van der Waals surface area contributed by atoms with Gasteiger partial charge in [0.15, 0.2) is 0 Å². The predicted octanol–water partition coefficient (Wildman–Crippen LogP) is 0.391. The number of nitrogens with one attached hydrogen (secondary N) is 1. The molecule has 0 spiro atoms. The van der Waals surface area contributed by atoms with Crippen LogP contribution in [0.5, 0.6) is 0 Å². The van der Waals surface area contributed by atoms with E-state index in [9.17, 15) is 4.79 Å². The summed E-state index contributed by atoms with van der Waals surface area (Å²) >= 11 is 0. The summed E-state index contributed by atoms with van der Waals surface area (Å²) in [4.78, 5) is 14.1. The van der Waals surface area contributed by atoms with E-state index in [1.807, 2.05) is 0 Å². The number of nitrogens with zero attached hydrogens (tertiary/aromatic N) is 1. The van der Waals surface area contributed by atoms with Crippen LogP contribution in [-0.4, -0.2) is 62.4 Å². The average molecular weight is 256 g/mol. The van der Waals surface area contributed by atoms with E-state index >= 15 is 0 Å². The maximum Gasteiger partial charge on any atom is 0.324 e. The van der Waals surface area contributed by atoms with Gasteiger partial charge in [-0.1, -0.05) is 6.92 Å². The van der Waals surface area contributed by atoms with Gasteiger partial charge in [0.2, 0.25) is 0 Å². The minimum atomic E-state index is -0.199. The van der Waals surface area contributed by atoms with Crippen LogP contribution in [-0.2, 0) is 14.3 Å². The molecule has 0 aromatic rings. The van der Waals surface area contributed by atoms with Crippen molar-refractivity contribution in [2.24, 2.45) is 0 Å². The van der Waals surface area contributed by atoms with Crippen molar-refractivity contribution in [1.82, 2.24) is 10.2 Å². The van der Waals surface area contributed by atoms with E-state index in [-0.39, 0.29) is 12.0 Å². The Balaban J connectivity index is 1.90. The zero-order valence-electron chi connectivity index (χ0n) is 11.4. The van der Waals surface area contributed by atoms with E-state index in [0.29, 0.717) is 12.1 Å². The van der Waals surface area contributed by atoms with Crippen molar-refractivity contribution in [3.8, 4) is 0 Å². The normalized spacial score (nSPS) is 26.9. The van der Waals surface area contributed by atoms with Crippen LogP contribution in [0.3, 0.4) is 0 Å². The molecule has 0 aromatic heterocycles. The minimum Gasteiger partial charge on any atom is -0.468 e. The summed E-state index contributed by atoms with van der Waals surface area (Å²) in [5, 5.41) is 3.38. The third-order valence-electron chi connectivity index (χ3n) is 3.74. The molecule has 5 heteroatoms. The lowest BCUT2D eigenvalue weighted by Gasteiger charge is -2.36. The van der Waals surface area contributed by atoms with Crippen LogP contribution in [0.25, 0.3) is 0 Å². The fourth-order valence-corrected chi connectivity index (χ4v) is 2.41. The van der Waals surface area contributed by atoms with Gasteiger partial charge < -0.3 is 14.8 Å². The highest BCUT2D eigenvalue weighted by Crippen LogP contribution is 2.20. The predicted molar refractivity (Wildman–Crippen MR) is 68.4 cm³/mol. The van der Waals surface area contributed by atoms with E-state index < -0.39 is 0 Å². The van der Waals surface area contributed by atoms with Gasteiger partial charge in [0.25, 0.3) is 0 Å². The Kier molecular flexibility index (Phi) is 4.97. The second kappa shape index (κ2) is 6.50. The van der Waals surface area contributed by atoms with Crippen LogP contribution >= 0.6 is 0 Å². The van der Waals surface area contributed by atoms with Crippen LogP contribution in [0.15, 0.2) is 0 Å². The van der Waals surface area contributed by atoms with Crippen LogP contribution in [0.1, 0.15) is 26.2 Å². The third-order valence-corrected chi connectivity index (χ3v) is 3.74. The monoisotopic (exact) mass is 256 g/mol. The van der Waals surface area contributed by atoms with Gasteiger partial charge in [-0.15, -0.1) is 0 Å². The van der Waals surface area contributed by atoms with E-state index in [4.69, 9.17) is 9.47 Å². The molecule has 1 N–H and O–H groups in total. The highest BCUT2D eigenvalue weighted by molar-refractivity contribution is 5.76. The van der Waals surface area contributed by atoms with Crippen molar-refractivity contribution >= 4 is 5.97 Å². The first-order valence-electron chi connectivity index (χ1n) is 6.90. The molecule has 1 aliphatic heterocycles. The number of esters is 1. The van der Waals surface area contributed by atoms with Crippen molar-refractivity contribution in [1.29, 1.82) is 0 Å². The first-order valence-corrected chi connectivity index (χ1v) is 6.90. The molecule has 0 radical (unpaired) electrons. The lowest BCUT2D eigenvalue weighted by molar-refractivity contribution is -0.144. The maximum absolute atomic E-state index is 11.8. The molecule has 18 heavy (non-hydrogen) atoms. The summed E-state index contributed by atoms with van der Waals surface area (Å²) in [7, 11) is 1.46. The molecule has 104 valence electrons. The van der Waals surface area contributed by atoms with Crippen molar-refractivity contribution in [2.75, 3.05) is 33.4 Å². The summed E-state index contributed by atoms with van der Waals surface area (Å²) < 4.78 is 10.4. The van der Waals surface area contributed by atoms with Crippen LogP contribution in [0.4, 0.5) is 0 Å². The fourth-order valence-electron chi connectivity index (χ4n) is 2.41. The van der Waals surface area contributed by atoms with Gasteiger partial charge in [-0.05, 0) is 19.3 Å². The Morgan fingerprint density at radius 2 is 2.33 bits per heavy atom. The Hall–Kier alpha value is -0.650. The lowest BCUT2D eigenvalue weighted by Crippen LogP contribution is -2.53. The highest BCUT2D eigenvalue weighted by atomic mass is 16.5. The van der Waals surface area contributed by atoms with Crippen LogP contribution < -0.4 is 5.32 Å². The highest BCUT2D eigenvalue weighted by Gasteiger charge is 2.32. The maximum atomic E-state index is 11.8. The zero-order valence-corrected chi connectivity index (χ0v) is 11.4. The molecule has 2 aliphatic rings. The Bertz CT molecular complexity index is 281. The molecule has 1 heterocycles. The quantitative estimate of drug-likeness (QED) is 0.697. The van der Waals surface area contributed by atoms with Crippen molar-refractivity contribution < 1.29 is 14.3 Å². The zero-order chi connectivity index (χ0) is 13.0. The van der Waals surface area contributed by atoms with Gasteiger partial charge in [-0.3, -0.25) is 9.69 Å². The minimum absolute atomic E-state index is 0.150. The van der Waals surface area contributed by atoms with Crippen LogP contribution in [0, 0.1) is 0 Å². The molecule has 2 atom stereocenters. The van der Waals surface area contributed by atoms with Crippen molar-refractivity contribution in [3.05, 3.63) is 0 Å². The molecule has 2 fully saturated rings. The fraction of sp³-hybridized carbons (Fsp3) is 0.923. The average Bonchev–Trinajstić information content (AvgIpc) is 3.21. The number of ether oxygens (including phenoxy) is 2. The molecule has 0 aromatic carbocycles. The topological polar surface area (TPSA) is 50.8 Å². The molecule has 1 saturated heterocycles. The molecule has 0 amide bonds. The molecule has 5 nitrogen and oxygen atoms in total. The number of hydrogen-bond donors (Lipinski definition) is 1. The first kappa shape index (κ1) is 13.8. The molecule has 2 unspecified atom stereocenters. The largest absolute Gasteiger partial charge is 0.468 e. The number of morpholine rings is 1. The molecular formula is C13H24N2O3. The number of carbonyl (C=O) groups is 1. The van der Waals surface area contributed by atoms with E-state index in [0.717, 1.165) is 32.7 Å². The van der Waals surface area contributed by atoms with Gasteiger partial charge in [0.1, 0.15) is 6.04 Å². The van der Waals surface area contributed by atoms with E-state index in [2.05, 4.69) is 17.1 Å². The van der Waals surface area contributed by atoms with Gasteiger partial charge in [0.05, 0.1) is 20.3 Å². The van der Waals surface area contributed by atoms with Gasteiger partial charge in [0, 0.05) is 25.2 Å². The van der Waals surface area contributed by atoms with Crippen molar-refractivity contribution in [2.45, 2.75) is 44.3 Å². The number of carbonyl (C=O) groups excluding carboxylic acids is 1. The smallest absolute Gasteiger partial charge is 0.324 e. The number of rotatable bonds is 6. The lowest BCUT2D eigenvalue weighted by atomic mass is 10.1. The summed E-state index contributed by atoms with van der Waals surface area (Å²) in [6.07, 6.45) is 3.40. The summed E-state index contributed by atoms with van der Waals surface area (Å²) in [5.41, 5.74) is 0. The van der Waals surface area contributed by atoms with Gasteiger partial charge in [-0.2, -0.15) is 0 Å². The molecule has 1 aliphatic carbocycles. The first-order chi connectivity index (χ1) is 8.74. The summed E-state index contributed by atoms with van der Waals surface area (Å²) in [6.45, 7) is 5.32. The Morgan fingerprint density at radius 3 is 2.94 bits per heavy atom. The summed E-state index contributed by atoms with van der Waals surface area (Å²) in [6, 6.07) is 0.733. The van der Waals surface area contributed by atoms with Gasteiger partial charge >= 0.3 is 5.97 Å². The second-order valence-corrected chi connectivity index (χ2v) is 5.15. The third kappa shape index (κ3) is 3.67. The van der Waals surface area contributed by atoms with Gasteiger partial charge in [-0.25, -0.2) is 0 Å². The molecular weight excluding hydrogens is 232 g/mol. The number of hydrogen-bond acceptors (Lipinski definition) is 5. The SMILES string of the molecule is CCC1COCCN1CC(NC1CC1)C(=O)OC. The van der Waals surface area contributed by atoms with E-state index in [1.165, 1.54) is 20.0 Å². The van der Waals surface area contributed by atoms with Crippen LogP contribution in [0.2, 0.25) is 0 Å². The Morgan fingerprint density at radius 1 is 1.56 bits per heavy atom. The van der Waals surface area contributed by atoms with E-state index in [1.54, 1.807) is 0 Å². The standard InChI is InChI=1S/C13H24N2O3/c1-3-11-9-18-7-6-15(11)8-12(13(16)17-2)14-10-4-5-10/h10-12,14H,3-9H2,1-2H3. The number of methoxy groups -OCH3 is 1. The summed E-state index contributed by atoms with van der Waals surface area (Å²) in [5.74, 6) is -0.150. The molecule has 0 bridgehead atoms. The molecule has 2 rings (SSSR count). The second-order valence-electron chi connectivity index (χ2n) is 5.15.